The first-order valence-corrected chi connectivity index (χ1v) is 6.85. The highest BCUT2D eigenvalue weighted by Crippen LogP contribution is 2.23. The lowest BCUT2D eigenvalue weighted by Gasteiger charge is -2.08. The lowest BCUT2D eigenvalue weighted by molar-refractivity contribution is 0.0472. The van der Waals surface area contributed by atoms with Crippen LogP contribution in [0.3, 0.4) is 0 Å². The lowest BCUT2D eigenvalue weighted by atomic mass is 10.1. The van der Waals surface area contributed by atoms with Crippen LogP contribution in [0.25, 0.3) is 0 Å². The van der Waals surface area contributed by atoms with Crippen LogP contribution in [0.1, 0.15) is 27.0 Å². The number of carbonyl (C=O) groups is 1. The molecule has 0 bridgehead atoms. The predicted molar refractivity (Wildman–Crippen MR) is 79.2 cm³/mol. The summed E-state index contributed by atoms with van der Waals surface area (Å²) in [4.78, 5) is 12.0. The van der Waals surface area contributed by atoms with Gasteiger partial charge in [-0.05, 0) is 42.7 Å². The normalized spacial score (nSPS) is 10.3. The van der Waals surface area contributed by atoms with Gasteiger partial charge in [0.2, 0.25) is 0 Å². The lowest BCUT2D eigenvalue weighted by Crippen LogP contribution is -2.06. The van der Waals surface area contributed by atoms with E-state index in [4.69, 9.17) is 4.74 Å². The molecule has 0 aliphatic heterocycles. The zero-order chi connectivity index (χ0) is 13.8. The van der Waals surface area contributed by atoms with Gasteiger partial charge in [-0.3, -0.25) is 0 Å². The zero-order valence-electron chi connectivity index (χ0n) is 10.9. The van der Waals surface area contributed by atoms with Crippen LogP contribution in [0.4, 0.5) is 0 Å². The second kappa shape index (κ2) is 6.02. The summed E-state index contributed by atoms with van der Waals surface area (Å²) in [7, 11) is 0. The van der Waals surface area contributed by atoms with Crippen LogP contribution in [0, 0.1) is 13.8 Å². The van der Waals surface area contributed by atoms with Crippen LogP contribution in [0.2, 0.25) is 0 Å². The number of carbonyl (C=O) groups excluding carboxylic acids is 1. The molecule has 2 aromatic carbocycles. The minimum Gasteiger partial charge on any atom is -0.457 e. The molecule has 0 fully saturated rings. The van der Waals surface area contributed by atoms with E-state index in [1.807, 2.05) is 56.3 Å². The molecule has 0 aromatic heterocycles. The molecule has 0 saturated carbocycles. The highest BCUT2D eigenvalue weighted by Gasteiger charge is 2.10. The first-order valence-electron chi connectivity index (χ1n) is 6.05. The molecular formula is C16H15BrO2. The maximum atomic E-state index is 12.0. The van der Waals surface area contributed by atoms with E-state index >= 15 is 0 Å². The molecule has 0 unspecified atom stereocenters. The summed E-state index contributed by atoms with van der Waals surface area (Å²) < 4.78 is 6.34. The van der Waals surface area contributed by atoms with Gasteiger partial charge in [0, 0.05) is 4.47 Å². The molecular weight excluding hydrogens is 304 g/mol. The maximum Gasteiger partial charge on any atom is 0.338 e. The molecule has 19 heavy (non-hydrogen) atoms. The van der Waals surface area contributed by atoms with Crippen molar-refractivity contribution in [1.82, 2.24) is 0 Å². The molecule has 3 heteroatoms. The Morgan fingerprint density at radius 2 is 1.68 bits per heavy atom. The summed E-state index contributed by atoms with van der Waals surface area (Å²) in [5, 5.41) is 0. The predicted octanol–water partition coefficient (Wildman–Crippen LogP) is 4.42. The van der Waals surface area contributed by atoms with Gasteiger partial charge >= 0.3 is 5.97 Å². The largest absolute Gasteiger partial charge is 0.457 e. The van der Waals surface area contributed by atoms with E-state index in [9.17, 15) is 4.79 Å². The third-order valence-electron chi connectivity index (χ3n) is 2.88. The van der Waals surface area contributed by atoms with E-state index in [0.717, 1.165) is 21.2 Å². The topological polar surface area (TPSA) is 26.3 Å². The molecule has 0 radical (unpaired) electrons. The van der Waals surface area contributed by atoms with E-state index in [-0.39, 0.29) is 5.97 Å². The van der Waals surface area contributed by atoms with E-state index in [2.05, 4.69) is 15.9 Å². The van der Waals surface area contributed by atoms with Crippen molar-refractivity contribution in [3.63, 3.8) is 0 Å². The van der Waals surface area contributed by atoms with Crippen LogP contribution in [-0.4, -0.2) is 5.97 Å². The van der Waals surface area contributed by atoms with Gasteiger partial charge in [-0.1, -0.05) is 46.3 Å². The van der Waals surface area contributed by atoms with Crippen LogP contribution >= 0.6 is 15.9 Å². The summed E-state index contributed by atoms with van der Waals surface area (Å²) in [5.74, 6) is -0.289. The van der Waals surface area contributed by atoms with Gasteiger partial charge in [-0.15, -0.1) is 0 Å². The molecule has 2 nitrogen and oxygen atoms in total. The molecule has 2 rings (SSSR count). The van der Waals surface area contributed by atoms with Gasteiger partial charge in [0.15, 0.2) is 0 Å². The average molecular weight is 319 g/mol. The van der Waals surface area contributed by atoms with Crippen molar-refractivity contribution < 1.29 is 9.53 Å². The Hall–Kier alpha value is -1.61. The molecule has 98 valence electrons. The van der Waals surface area contributed by atoms with Crippen LogP contribution in [0.5, 0.6) is 0 Å². The van der Waals surface area contributed by atoms with Crippen molar-refractivity contribution in [2.45, 2.75) is 20.5 Å². The molecule has 0 spiro atoms. The number of hydrogen-bond acceptors (Lipinski definition) is 2. The number of hydrogen-bond donors (Lipinski definition) is 0. The summed E-state index contributed by atoms with van der Waals surface area (Å²) in [6, 6.07) is 13.3. The number of rotatable bonds is 3. The molecule has 0 atom stereocenters. The molecule has 0 saturated heterocycles. The molecule has 0 N–H and O–H groups in total. The standard InChI is InChI=1S/C16H15BrO2/c1-11-8-14(9-12(2)15(11)17)16(18)19-10-13-6-4-3-5-7-13/h3-9H,10H2,1-2H3. The number of aryl methyl sites for hydroxylation is 2. The highest BCUT2D eigenvalue weighted by molar-refractivity contribution is 9.10. The van der Waals surface area contributed by atoms with Gasteiger partial charge in [-0.25, -0.2) is 4.79 Å². The Kier molecular flexibility index (Phi) is 4.38. The summed E-state index contributed by atoms with van der Waals surface area (Å²) >= 11 is 3.49. The van der Waals surface area contributed by atoms with E-state index in [0.29, 0.717) is 12.2 Å². The fraction of sp³-hybridized carbons (Fsp3) is 0.188. The number of ether oxygens (including phenoxy) is 1. The Labute approximate surface area is 121 Å². The Morgan fingerprint density at radius 1 is 1.11 bits per heavy atom. The Balaban J connectivity index is 2.08. The van der Waals surface area contributed by atoms with Gasteiger partial charge in [0.25, 0.3) is 0 Å². The first-order chi connectivity index (χ1) is 9.08. The van der Waals surface area contributed by atoms with Crippen LogP contribution < -0.4 is 0 Å². The minimum absolute atomic E-state index is 0.289. The third kappa shape index (κ3) is 3.44. The van der Waals surface area contributed by atoms with Crippen molar-refractivity contribution in [3.05, 3.63) is 69.2 Å². The fourth-order valence-electron chi connectivity index (χ4n) is 1.87. The summed E-state index contributed by atoms with van der Waals surface area (Å²) in [6.45, 7) is 4.23. The highest BCUT2D eigenvalue weighted by atomic mass is 79.9. The van der Waals surface area contributed by atoms with Gasteiger partial charge < -0.3 is 4.74 Å². The number of esters is 1. The quantitative estimate of drug-likeness (QED) is 0.783. The van der Waals surface area contributed by atoms with Crippen molar-refractivity contribution in [2.24, 2.45) is 0 Å². The molecule has 0 aliphatic carbocycles. The molecule has 0 heterocycles. The van der Waals surface area contributed by atoms with Gasteiger partial charge in [0.1, 0.15) is 6.61 Å². The van der Waals surface area contributed by atoms with Crippen molar-refractivity contribution in [3.8, 4) is 0 Å². The monoisotopic (exact) mass is 318 g/mol. The van der Waals surface area contributed by atoms with E-state index in [1.54, 1.807) is 0 Å². The minimum atomic E-state index is -0.289. The maximum absolute atomic E-state index is 12.0. The fourth-order valence-corrected chi connectivity index (χ4v) is 2.10. The van der Waals surface area contributed by atoms with Gasteiger partial charge in [-0.2, -0.15) is 0 Å². The number of halogens is 1. The smallest absolute Gasteiger partial charge is 0.338 e. The average Bonchev–Trinajstić information content (AvgIpc) is 2.42. The SMILES string of the molecule is Cc1cc(C(=O)OCc2ccccc2)cc(C)c1Br. The molecule has 0 aliphatic rings. The van der Waals surface area contributed by atoms with Crippen LogP contribution in [0.15, 0.2) is 46.9 Å². The van der Waals surface area contributed by atoms with Crippen LogP contribution in [-0.2, 0) is 11.3 Å². The number of benzene rings is 2. The van der Waals surface area contributed by atoms with Gasteiger partial charge in [0.05, 0.1) is 5.56 Å². The Bertz CT molecular complexity index is 568. The second-order valence-corrected chi connectivity index (χ2v) is 5.28. The zero-order valence-corrected chi connectivity index (χ0v) is 12.5. The summed E-state index contributed by atoms with van der Waals surface area (Å²) in [5.41, 5.74) is 3.65. The first kappa shape index (κ1) is 13.8. The van der Waals surface area contributed by atoms with E-state index in [1.165, 1.54) is 0 Å². The van der Waals surface area contributed by atoms with Crippen molar-refractivity contribution in [1.29, 1.82) is 0 Å². The molecule has 2 aromatic rings. The summed E-state index contributed by atoms with van der Waals surface area (Å²) in [6.07, 6.45) is 0. The third-order valence-corrected chi connectivity index (χ3v) is 4.14. The second-order valence-electron chi connectivity index (χ2n) is 4.49. The molecule has 0 amide bonds. The van der Waals surface area contributed by atoms with E-state index < -0.39 is 0 Å². The van der Waals surface area contributed by atoms with Crippen molar-refractivity contribution in [2.75, 3.05) is 0 Å². The van der Waals surface area contributed by atoms with Crippen molar-refractivity contribution >= 4 is 21.9 Å². The Morgan fingerprint density at radius 3 is 2.26 bits per heavy atom.